The van der Waals surface area contributed by atoms with Gasteiger partial charge in [-0.25, -0.2) is 0 Å². The maximum absolute atomic E-state index is 6.22. The molecular weight excluding hydrogens is 371 g/mol. The monoisotopic (exact) mass is 394 g/mol. The highest BCUT2D eigenvalue weighted by molar-refractivity contribution is 6.35. The first kappa shape index (κ1) is 19.5. The van der Waals surface area contributed by atoms with Crippen LogP contribution < -0.4 is 10.1 Å². The minimum absolute atomic E-state index is 0.350. The summed E-state index contributed by atoms with van der Waals surface area (Å²) in [5, 5.41) is 4.74. The molecule has 0 spiro atoms. The normalized spacial score (nSPS) is 15.2. The van der Waals surface area contributed by atoms with Gasteiger partial charge in [0.1, 0.15) is 12.4 Å². The standard InChI is InChI=1S/C20H24Cl2N2O2/c21-18-5-3-6-19(22)17(18)15-26-20-7-2-1-4-16(20)14-23-8-9-24-10-12-25-13-11-24/h1-7,23H,8-15H2. The van der Waals surface area contributed by atoms with Crippen molar-refractivity contribution in [1.82, 2.24) is 10.2 Å². The lowest BCUT2D eigenvalue weighted by molar-refractivity contribution is 0.0384. The number of hydrogen-bond acceptors (Lipinski definition) is 4. The summed E-state index contributed by atoms with van der Waals surface area (Å²) < 4.78 is 11.4. The summed E-state index contributed by atoms with van der Waals surface area (Å²) in [7, 11) is 0. The summed E-state index contributed by atoms with van der Waals surface area (Å²) in [6.07, 6.45) is 0. The summed E-state index contributed by atoms with van der Waals surface area (Å²) >= 11 is 12.4. The molecule has 1 heterocycles. The molecule has 0 amide bonds. The second-order valence-electron chi connectivity index (χ2n) is 6.23. The molecular formula is C20H24Cl2N2O2. The van der Waals surface area contributed by atoms with Crippen molar-refractivity contribution in [3.8, 4) is 5.75 Å². The molecule has 0 radical (unpaired) electrons. The Morgan fingerprint density at radius 3 is 2.50 bits per heavy atom. The molecule has 1 fully saturated rings. The number of morpholine rings is 1. The van der Waals surface area contributed by atoms with Crippen LogP contribution >= 0.6 is 23.2 Å². The van der Waals surface area contributed by atoms with Crippen LogP contribution in [0.2, 0.25) is 10.0 Å². The molecule has 0 saturated carbocycles. The summed E-state index contributed by atoms with van der Waals surface area (Å²) in [5.41, 5.74) is 1.93. The van der Waals surface area contributed by atoms with Crippen LogP contribution in [0.15, 0.2) is 42.5 Å². The largest absolute Gasteiger partial charge is 0.488 e. The van der Waals surface area contributed by atoms with E-state index in [2.05, 4.69) is 16.3 Å². The van der Waals surface area contributed by atoms with Crippen molar-refractivity contribution in [2.45, 2.75) is 13.2 Å². The molecule has 2 aromatic rings. The van der Waals surface area contributed by atoms with E-state index >= 15 is 0 Å². The van der Waals surface area contributed by atoms with E-state index in [-0.39, 0.29) is 0 Å². The van der Waals surface area contributed by atoms with Gasteiger partial charge in [-0.1, -0.05) is 47.5 Å². The summed E-state index contributed by atoms with van der Waals surface area (Å²) in [5.74, 6) is 0.849. The fourth-order valence-electron chi connectivity index (χ4n) is 2.90. The molecule has 0 aromatic heterocycles. The Kier molecular flexibility index (Phi) is 7.59. The van der Waals surface area contributed by atoms with Crippen LogP contribution in [0, 0.1) is 0 Å². The number of rotatable bonds is 8. The fraction of sp³-hybridized carbons (Fsp3) is 0.400. The molecule has 0 aliphatic carbocycles. The Morgan fingerprint density at radius 2 is 1.73 bits per heavy atom. The van der Waals surface area contributed by atoms with E-state index < -0.39 is 0 Å². The second-order valence-corrected chi connectivity index (χ2v) is 7.04. The molecule has 1 saturated heterocycles. The van der Waals surface area contributed by atoms with Crippen molar-refractivity contribution in [3.05, 3.63) is 63.6 Å². The van der Waals surface area contributed by atoms with Gasteiger partial charge in [-0.3, -0.25) is 4.90 Å². The van der Waals surface area contributed by atoms with E-state index in [0.29, 0.717) is 16.7 Å². The van der Waals surface area contributed by atoms with E-state index in [1.165, 1.54) is 0 Å². The van der Waals surface area contributed by atoms with Gasteiger partial charge in [-0.05, 0) is 18.2 Å². The Balaban J connectivity index is 1.51. The molecule has 6 heteroatoms. The lowest BCUT2D eigenvalue weighted by Crippen LogP contribution is -2.40. The molecule has 1 aliphatic heterocycles. The molecule has 26 heavy (non-hydrogen) atoms. The predicted molar refractivity (Wildman–Crippen MR) is 106 cm³/mol. The number of benzene rings is 2. The number of hydrogen-bond donors (Lipinski definition) is 1. The molecule has 2 aromatic carbocycles. The van der Waals surface area contributed by atoms with Crippen LogP contribution in [0.3, 0.4) is 0 Å². The first-order chi connectivity index (χ1) is 12.7. The highest BCUT2D eigenvalue weighted by Crippen LogP contribution is 2.27. The molecule has 0 atom stereocenters. The number of nitrogens with zero attached hydrogens (tertiary/aromatic N) is 1. The number of ether oxygens (including phenoxy) is 2. The first-order valence-electron chi connectivity index (χ1n) is 8.88. The fourth-order valence-corrected chi connectivity index (χ4v) is 3.40. The van der Waals surface area contributed by atoms with Gasteiger partial charge in [-0.15, -0.1) is 0 Å². The van der Waals surface area contributed by atoms with Crippen molar-refractivity contribution in [3.63, 3.8) is 0 Å². The van der Waals surface area contributed by atoms with E-state index in [0.717, 1.165) is 62.8 Å². The first-order valence-corrected chi connectivity index (χ1v) is 9.64. The third-order valence-corrected chi connectivity index (χ3v) is 5.14. The molecule has 1 aliphatic rings. The Morgan fingerprint density at radius 1 is 1.00 bits per heavy atom. The molecule has 1 N–H and O–H groups in total. The maximum Gasteiger partial charge on any atom is 0.124 e. The smallest absolute Gasteiger partial charge is 0.124 e. The minimum atomic E-state index is 0.350. The van der Waals surface area contributed by atoms with Gasteiger partial charge >= 0.3 is 0 Å². The highest BCUT2D eigenvalue weighted by Gasteiger charge is 2.10. The van der Waals surface area contributed by atoms with Crippen molar-refractivity contribution in [2.75, 3.05) is 39.4 Å². The predicted octanol–water partition coefficient (Wildman–Crippen LogP) is 3.99. The van der Waals surface area contributed by atoms with E-state index in [9.17, 15) is 0 Å². The number of nitrogens with one attached hydrogen (secondary N) is 1. The van der Waals surface area contributed by atoms with Crippen molar-refractivity contribution < 1.29 is 9.47 Å². The molecule has 0 unspecified atom stereocenters. The lowest BCUT2D eigenvalue weighted by atomic mass is 10.2. The zero-order valence-corrected chi connectivity index (χ0v) is 16.2. The Hall–Kier alpha value is -1.30. The minimum Gasteiger partial charge on any atom is -0.488 e. The van der Waals surface area contributed by atoms with Crippen LogP contribution in [0.4, 0.5) is 0 Å². The van der Waals surface area contributed by atoms with Gasteiger partial charge in [-0.2, -0.15) is 0 Å². The average molecular weight is 395 g/mol. The van der Waals surface area contributed by atoms with Gasteiger partial charge in [0, 0.05) is 53.9 Å². The zero-order chi connectivity index (χ0) is 18.2. The summed E-state index contributed by atoms with van der Waals surface area (Å²) in [6.45, 7) is 6.77. The Labute approximate surface area is 165 Å². The maximum atomic E-state index is 6.22. The van der Waals surface area contributed by atoms with Gasteiger partial charge < -0.3 is 14.8 Å². The van der Waals surface area contributed by atoms with Gasteiger partial charge in [0.2, 0.25) is 0 Å². The third kappa shape index (κ3) is 5.60. The van der Waals surface area contributed by atoms with Gasteiger partial charge in [0.25, 0.3) is 0 Å². The van der Waals surface area contributed by atoms with E-state index in [4.69, 9.17) is 32.7 Å². The highest BCUT2D eigenvalue weighted by atomic mass is 35.5. The lowest BCUT2D eigenvalue weighted by Gasteiger charge is -2.26. The van der Waals surface area contributed by atoms with Crippen LogP contribution in [-0.2, 0) is 17.9 Å². The second kappa shape index (κ2) is 10.1. The summed E-state index contributed by atoms with van der Waals surface area (Å²) in [4.78, 5) is 2.41. The van der Waals surface area contributed by atoms with E-state index in [1.54, 1.807) is 0 Å². The van der Waals surface area contributed by atoms with Crippen LogP contribution in [0.25, 0.3) is 0 Å². The quantitative estimate of drug-likeness (QED) is 0.686. The van der Waals surface area contributed by atoms with Crippen molar-refractivity contribution in [1.29, 1.82) is 0 Å². The Bertz CT molecular complexity index is 686. The van der Waals surface area contributed by atoms with Gasteiger partial charge in [0.15, 0.2) is 0 Å². The van der Waals surface area contributed by atoms with Crippen LogP contribution in [0.5, 0.6) is 5.75 Å². The van der Waals surface area contributed by atoms with Gasteiger partial charge in [0.05, 0.1) is 13.2 Å². The topological polar surface area (TPSA) is 33.7 Å². The van der Waals surface area contributed by atoms with Crippen LogP contribution in [-0.4, -0.2) is 44.3 Å². The van der Waals surface area contributed by atoms with Crippen molar-refractivity contribution in [2.24, 2.45) is 0 Å². The molecule has 4 nitrogen and oxygen atoms in total. The summed E-state index contributed by atoms with van der Waals surface area (Å²) in [6, 6.07) is 13.5. The van der Waals surface area contributed by atoms with Crippen LogP contribution in [0.1, 0.15) is 11.1 Å². The third-order valence-electron chi connectivity index (χ3n) is 4.43. The zero-order valence-electron chi connectivity index (χ0n) is 14.7. The molecule has 0 bridgehead atoms. The van der Waals surface area contributed by atoms with Crippen molar-refractivity contribution >= 4 is 23.2 Å². The SMILES string of the molecule is Clc1cccc(Cl)c1COc1ccccc1CNCCN1CCOCC1. The number of halogens is 2. The van der Waals surface area contributed by atoms with E-state index in [1.807, 2.05) is 36.4 Å². The molecule has 3 rings (SSSR count). The molecule has 140 valence electrons. The average Bonchev–Trinajstić information content (AvgIpc) is 2.66. The number of para-hydroxylation sites is 1.